The van der Waals surface area contributed by atoms with Crippen molar-refractivity contribution in [1.29, 1.82) is 0 Å². The van der Waals surface area contributed by atoms with Gasteiger partial charge in [-0.05, 0) is 41.1 Å². The lowest BCUT2D eigenvalue weighted by Crippen LogP contribution is -2.49. The van der Waals surface area contributed by atoms with Crippen LogP contribution in [0.1, 0.15) is 17.3 Å². The Morgan fingerprint density at radius 2 is 2.16 bits per heavy atom. The average Bonchev–Trinajstić information content (AvgIpc) is 2.31. The topological polar surface area (TPSA) is 74.7 Å². The molecular formula is C12H14BrNO4S. The van der Waals surface area contributed by atoms with Crippen LogP contribution in [-0.2, 0) is 9.84 Å². The number of rotatable bonds is 1. The molecule has 0 radical (unpaired) electrons. The average molecular weight is 348 g/mol. The second-order valence-electron chi connectivity index (χ2n) is 4.63. The first-order valence-corrected chi connectivity index (χ1v) is 8.41. The highest BCUT2D eigenvalue weighted by molar-refractivity contribution is 9.10. The molecule has 7 heteroatoms. The molecule has 0 saturated carbocycles. The number of amides is 1. The number of hydrogen-bond acceptors (Lipinski definition) is 4. The molecule has 1 amide bonds. The van der Waals surface area contributed by atoms with E-state index in [9.17, 15) is 18.3 Å². The van der Waals surface area contributed by atoms with Gasteiger partial charge in [0.2, 0.25) is 0 Å². The normalized spacial score (nSPS) is 22.2. The van der Waals surface area contributed by atoms with E-state index in [1.807, 2.05) is 0 Å². The Labute approximate surface area is 120 Å². The third-order valence-electron chi connectivity index (χ3n) is 3.12. The number of sulfone groups is 1. The summed E-state index contributed by atoms with van der Waals surface area (Å²) in [7, 11) is -3.05. The highest BCUT2D eigenvalue weighted by Crippen LogP contribution is 2.25. The first-order valence-electron chi connectivity index (χ1n) is 5.80. The van der Waals surface area contributed by atoms with Crippen molar-refractivity contribution >= 4 is 31.7 Å². The van der Waals surface area contributed by atoms with Gasteiger partial charge in [0.05, 0.1) is 16.0 Å². The lowest BCUT2D eigenvalue weighted by Gasteiger charge is -2.33. The molecule has 0 aromatic heterocycles. The quantitative estimate of drug-likeness (QED) is 0.833. The monoisotopic (exact) mass is 347 g/mol. The Hall–Kier alpha value is -1.08. The van der Waals surface area contributed by atoms with Crippen LogP contribution in [0.5, 0.6) is 5.75 Å². The van der Waals surface area contributed by atoms with Crippen molar-refractivity contribution in [1.82, 2.24) is 4.90 Å². The fourth-order valence-electron chi connectivity index (χ4n) is 2.11. The second kappa shape index (κ2) is 5.13. The Bertz CT molecular complexity index is 614. The minimum atomic E-state index is -3.05. The van der Waals surface area contributed by atoms with E-state index in [1.165, 1.54) is 11.0 Å². The largest absolute Gasteiger partial charge is 0.507 e. The molecule has 104 valence electrons. The molecule has 19 heavy (non-hydrogen) atoms. The Kier molecular flexibility index (Phi) is 3.87. The number of carbonyl (C=O) groups is 1. The number of phenols is 1. The maximum absolute atomic E-state index is 12.3. The van der Waals surface area contributed by atoms with E-state index >= 15 is 0 Å². The predicted molar refractivity (Wildman–Crippen MR) is 75.0 cm³/mol. The molecule has 1 aromatic carbocycles. The van der Waals surface area contributed by atoms with E-state index in [0.29, 0.717) is 10.0 Å². The number of aromatic hydroxyl groups is 1. The zero-order valence-corrected chi connectivity index (χ0v) is 12.7. The van der Waals surface area contributed by atoms with Crippen molar-refractivity contribution in [3.8, 4) is 5.75 Å². The summed E-state index contributed by atoms with van der Waals surface area (Å²) in [6.07, 6.45) is 0. The smallest absolute Gasteiger partial charge is 0.254 e. The molecule has 0 spiro atoms. The van der Waals surface area contributed by atoms with E-state index in [4.69, 9.17) is 0 Å². The van der Waals surface area contributed by atoms with Gasteiger partial charge >= 0.3 is 0 Å². The van der Waals surface area contributed by atoms with Crippen LogP contribution in [0.3, 0.4) is 0 Å². The van der Waals surface area contributed by atoms with Crippen molar-refractivity contribution in [3.05, 3.63) is 28.2 Å². The lowest BCUT2D eigenvalue weighted by atomic mass is 10.1. The van der Waals surface area contributed by atoms with Crippen molar-refractivity contribution < 1.29 is 18.3 Å². The lowest BCUT2D eigenvalue weighted by molar-refractivity contribution is 0.0712. The van der Waals surface area contributed by atoms with Crippen LogP contribution >= 0.6 is 15.9 Å². The van der Waals surface area contributed by atoms with Crippen LogP contribution < -0.4 is 0 Å². The molecule has 1 atom stereocenters. The molecule has 1 aliphatic heterocycles. The van der Waals surface area contributed by atoms with Gasteiger partial charge in [-0.15, -0.1) is 0 Å². The molecule has 2 rings (SSSR count). The first-order chi connectivity index (χ1) is 8.80. The molecule has 1 aromatic rings. The van der Waals surface area contributed by atoms with Gasteiger partial charge in [-0.1, -0.05) is 0 Å². The third kappa shape index (κ3) is 3.09. The molecule has 1 heterocycles. The SMILES string of the molecule is CC1CS(=O)(=O)CCN1C(=O)c1ccc(Br)c(O)c1. The molecule has 0 aliphatic carbocycles. The van der Waals surface area contributed by atoms with Crippen LogP contribution in [0.15, 0.2) is 22.7 Å². The van der Waals surface area contributed by atoms with E-state index in [-0.39, 0.29) is 35.7 Å². The minimum Gasteiger partial charge on any atom is -0.507 e. The molecule has 1 unspecified atom stereocenters. The first kappa shape index (κ1) is 14.3. The summed E-state index contributed by atoms with van der Waals surface area (Å²) < 4.78 is 23.5. The third-order valence-corrected chi connectivity index (χ3v) is 5.59. The zero-order chi connectivity index (χ0) is 14.2. The summed E-state index contributed by atoms with van der Waals surface area (Å²) in [5, 5.41) is 9.58. The van der Waals surface area contributed by atoms with Gasteiger partial charge in [0, 0.05) is 18.2 Å². The fraction of sp³-hybridized carbons (Fsp3) is 0.417. The van der Waals surface area contributed by atoms with Gasteiger partial charge in [-0.2, -0.15) is 0 Å². The summed E-state index contributed by atoms with van der Waals surface area (Å²) >= 11 is 3.15. The molecule has 5 nitrogen and oxygen atoms in total. The van der Waals surface area contributed by atoms with E-state index in [2.05, 4.69) is 15.9 Å². The van der Waals surface area contributed by atoms with Crippen LogP contribution in [-0.4, -0.2) is 48.4 Å². The summed E-state index contributed by atoms with van der Waals surface area (Å²) in [6, 6.07) is 4.22. The summed E-state index contributed by atoms with van der Waals surface area (Å²) in [5.41, 5.74) is 0.354. The van der Waals surface area contributed by atoms with Gasteiger partial charge < -0.3 is 10.0 Å². The maximum atomic E-state index is 12.3. The number of halogens is 1. The van der Waals surface area contributed by atoms with Crippen LogP contribution in [0.2, 0.25) is 0 Å². The van der Waals surface area contributed by atoms with Gasteiger partial charge in [0.15, 0.2) is 9.84 Å². The van der Waals surface area contributed by atoms with Crippen molar-refractivity contribution in [3.63, 3.8) is 0 Å². The summed E-state index contributed by atoms with van der Waals surface area (Å²) in [4.78, 5) is 13.8. The number of carbonyl (C=O) groups excluding carboxylic acids is 1. The van der Waals surface area contributed by atoms with Gasteiger partial charge in [-0.3, -0.25) is 4.79 Å². The van der Waals surface area contributed by atoms with Crippen molar-refractivity contribution in [2.45, 2.75) is 13.0 Å². The van der Waals surface area contributed by atoms with E-state index in [0.717, 1.165) is 0 Å². The van der Waals surface area contributed by atoms with E-state index < -0.39 is 9.84 Å². The Balaban J connectivity index is 2.22. The maximum Gasteiger partial charge on any atom is 0.254 e. The van der Waals surface area contributed by atoms with Gasteiger partial charge in [0.1, 0.15) is 5.75 Å². The Morgan fingerprint density at radius 3 is 2.74 bits per heavy atom. The number of benzene rings is 1. The van der Waals surface area contributed by atoms with Gasteiger partial charge in [-0.25, -0.2) is 8.42 Å². The number of nitrogens with zero attached hydrogens (tertiary/aromatic N) is 1. The molecule has 1 aliphatic rings. The molecule has 0 bridgehead atoms. The van der Waals surface area contributed by atoms with Crippen LogP contribution in [0.25, 0.3) is 0 Å². The van der Waals surface area contributed by atoms with E-state index in [1.54, 1.807) is 19.1 Å². The summed E-state index contributed by atoms with van der Waals surface area (Å²) in [5.74, 6) is -0.291. The number of hydrogen-bond donors (Lipinski definition) is 1. The highest BCUT2D eigenvalue weighted by Gasteiger charge is 2.31. The van der Waals surface area contributed by atoms with Crippen LogP contribution in [0, 0.1) is 0 Å². The van der Waals surface area contributed by atoms with Gasteiger partial charge in [0.25, 0.3) is 5.91 Å². The second-order valence-corrected chi connectivity index (χ2v) is 7.71. The van der Waals surface area contributed by atoms with Crippen molar-refractivity contribution in [2.75, 3.05) is 18.1 Å². The highest BCUT2D eigenvalue weighted by atomic mass is 79.9. The number of phenolic OH excluding ortho intramolecular Hbond substituents is 1. The molecule has 1 fully saturated rings. The molecular weight excluding hydrogens is 334 g/mol. The molecule has 1 N–H and O–H groups in total. The minimum absolute atomic E-state index is 0.00834. The summed E-state index contributed by atoms with van der Waals surface area (Å²) in [6.45, 7) is 1.91. The fourth-order valence-corrected chi connectivity index (χ4v) is 3.91. The Morgan fingerprint density at radius 1 is 1.47 bits per heavy atom. The van der Waals surface area contributed by atoms with Crippen LogP contribution in [0.4, 0.5) is 0 Å². The zero-order valence-electron chi connectivity index (χ0n) is 10.3. The standard InChI is InChI=1S/C12H14BrNO4S/c1-8-7-19(17,18)5-4-14(8)12(16)9-2-3-10(13)11(15)6-9/h2-3,6,8,15H,4-5,7H2,1H3. The van der Waals surface area contributed by atoms with Crippen molar-refractivity contribution in [2.24, 2.45) is 0 Å². The molecule has 1 saturated heterocycles. The predicted octanol–water partition coefficient (Wildman–Crippen LogP) is 1.41.